The van der Waals surface area contributed by atoms with Gasteiger partial charge in [0.2, 0.25) is 5.88 Å². The van der Waals surface area contributed by atoms with Crippen molar-refractivity contribution in [3.63, 3.8) is 0 Å². The zero-order chi connectivity index (χ0) is 18.5. The molecular weight excluding hydrogens is 324 g/mol. The molecule has 0 aliphatic heterocycles. The molecule has 4 nitrogen and oxygen atoms in total. The summed E-state index contributed by atoms with van der Waals surface area (Å²) in [5.41, 5.74) is 3.34. The van der Waals surface area contributed by atoms with E-state index in [4.69, 9.17) is 4.74 Å². The summed E-state index contributed by atoms with van der Waals surface area (Å²) in [5, 5.41) is 2.86. The molecule has 0 aliphatic carbocycles. The highest BCUT2D eigenvalue weighted by molar-refractivity contribution is 6.05. The van der Waals surface area contributed by atoms with Gasteiger partial charge in [-0.05, 0) is 42.2 Å². The second kappa shape index (κ2) is 7.83. The second-order valence-corrected chi connectivity index (χ2v) is 6.45. The molecule has 0 saturated heterocycles. The van der Waals surface area contributed by atoms with Gasteiger partial charge in [0.05, 0.1) is 11.9 Å². The standard InChI is InChI=1S/C22H22N2O2/c1-15(2)18-9-6-7-11-20(18)26-21-13-12-17(14-23-21)24-22(25)19-10-5-4-8-16(19)3/h4-15H,1-3H3,(H,24,25). The van der Waals surface area contributed by atoms with Gasteiger partial charge in [-0.2, -0.15) is 0 Å². The first-order valence-electron chi connectivity index (χ1n) is 8.64. The highest BCUT2D eigenvalue weighted by atomic mass is 16.5. The van der Waals surface area contributed by atoms with E-state index in [1.165, 1.54) is 0 Å². The summed E-state index contributed by atoms with van der Waals surface area (Å²) in [6.45, 7) is 6.16. The number of aryl methyl sites for hydroxylation is 1. The Labute approximate surface area is 153 Å². The first kappa shape index (κ1) is 17.7. The van der Waals surface area contributed by atoms with Gasteiger partial charge in [0, 0.05) is 11.6 Å². The summed E-state index contributed by atoms with van der Waals surface area (Å²) in [5.74, 6) is 1.50. The molecule has 26 heavy (non-hydrogen) atoms. The Hall–Kier alpha value is -3.14. The maximum atomic E-state index is 12.4. The van der Waals surface area contributed by atoms with E-state index in [1.807, 2.05) is 43.3 Å². The summed E-state index contributed by atoms with van der Waals surface area (Å²) < 4.78 is 5.91. The molecule has 0 fully saturated rings. The molecular formula is C22H22N2O2. The van der Waals surface area contributed by atoms with Gasteiger partial charge in [-0.25, -0.2) is 4.98 Å². The van der Waals surface area contributed by atoms with Gasteiger partial charge in [-0.15, -0.1) is 0 Å². The number of aromatic nitrogens is 1. The molecule has 0 bridgehead atoms. The lowest BCUT2D eigenvalue weighted by Crippen LogP contribution is -2.13. The minimum absolute atomic E-state index is 0.149. The molecule has 4 heteroatoms. The van der Waals surface area contributed by atoms with E-state index in [0.717, 1.165) is 16.9 Å². The number of anilines is 1. The molecule has 0 unspecified atom stereocenters. The smallest absolute Gasteiger partial charge is 0.255 e. The number of para-hydroxylation sites is 1. The summed E-state index contributed by atoms with van der Waals surface area (Å²) >= 11 is 0. The van der Waals surface area contributed by atoms with E-state index in [-0.39, 0.29) is 5.91 Å². The molecule has 0 spiro atoms. The number of pyridine rings is 1. The van der Waals surface area contributed by atoms with Crippen molar-refractivity contribution in [2.45, 2.75) is 26.7 Å². The van der Waals surface area contributed by atoms with Gasteiger partial charge in [0.1, 0.15) is 5.75 Å². The van der Waals surface area contributed by atoms with Gasteiger partial charge >= 0.3 is 0 Å². The zero-order valence-corrected chi connectivity index (χ0v) is 15.2. The van der Waals surface area contributed by atoms with Crippen molar-refractivity contribution in [2.75, 3.05) is 5.32 Å². The predicted molar refractivity (Wildman–Crippen MR) is 104 cm³/mol. The molecule has 1 amide bonds. The minimum atomic E-state index is -0.149. The molecule has 0 radical (unpaired) electrons. The van der Waals surface area contributed by atoms with Crippen LogP contribution in [0.15, 0.2) is 66.9 Å². The van der Waals surface area contributed by atoms with Crippen LogP contribution in [0.4, 0.5) is 5.69 Å². The highest BCUT2D eigenvalue weighted by Gasteiger charge is 2.10. The summed E-state index contributed by atoms with van der Waals surface area (Å²) in [6, 6.07) is 19.0. The van der Waals surface area contributed by atoms with Gasteiger partial charge in [-0.1, -0.05) is 50.2 Å². The monoisotopic (exact) mass is 346 g/mol. The number of hydrogen-bond donors (Lipinski definition) is 1. The molecule has 3 rings (SSSR count). The normalized spacial score (nSPS) is 10.6. The van der Waals surface area contributed by atoms with E-state index < -0.39 is 0 Å². The lowest BCUT2D eigenvalue weighted by Gasteiger charge is -2.13. The fourth-order valence-electron chi connectivity index (χ4n) is 2.70. The van der Waals surface area contributed by atoms with Crippen molar-refractivity contribution in [3.8, 4) is 11.6 Å². The van der Waals surface area contributed by atoms with Crippen molar-refractivity contribution in [2.24, 2.45) is 0 Å². The Morgan fingerprint density at radius 2 is 1.73 bits per heavy atom. The average Bonchev–Trinajstić information content (AvgIpc) is 2.64. The van der Waals surface area contributed by atoms with Gasteiger partial charge in [-0.3, -0.25) is 4.79 Å². The maximum absolute atomic E-state index is 12.4. The Kier molecular flexibility index (Phi) is 5.32. The Balaban J connectivity index is 1.71. The number of rotatable bonds is 5. The Morgan fingerprint density at radius 3 is 2.42 bits per heavy atom. The number of carbonyl (C=O) groups excluding carboxylic acids is 1. The summed E-state index contributed by atoms with van der Waals surface area (Å²) in [4.78, 5) is 16.7. The van der Waals surface area contributed by atoms with E-state index in [0.29, 0.717) is 23.0 Å². The largest absolute Gasteiger partial charge is 0.439 e. The first-order chi connectivity index (χ1) is 12.5. The van der Waals surface area contributed by atoms with E-state index in [9.17, 15) is 4.79 Å². The first-order valence-corrected chi connectivity index (χ1v) is 8.64. The van der Waals surface area contributed by atoms with Crippen molar-refractivity contribution in [1.29, 1.82) is 0 Å². The molecule has 1 N–H and O–H groups in total. The van der Waals surface area contributed by atoms with E-state index in [1.54, 1.807) is 24.4 Å². The molecule has 1 heterocycles. The molecule has 0 atom stereocenters. The van der Waals surface area contributed by atoms with Crippen LogP contribution in [0, 0.1) is 6.92 Å². The topological polar surface area (TPSA) is 51.2 Å². The van der Waals surface area contributed by atoms with Crippen LogP contribution in [0.2, 0.25) is 0 Å². The fourth-order valence-corrected chi connectivity index (χ4v) is 2.70. The molecule has 132 valence electrons. The molecule has 2 aromatic carbocycles. The molecule has 0 aliphatic rings. The average molecular weight is 346 g/mol. The van der Waals surface area contributed by atoms with Crippen LogP contribution in [0.3, 0.4) is 0 Å². The van der Waals surface area contributed by atoms with Crippen LogP contribution in [-0.2, 0) is 0 Å². The lowest BCUT2D eigenvalue weighted by molar-refractivity contribution is 0.102. The van der Waals surface area contributed by atoms with Crippen LogP contribution in [-0.4, -0.2) is 10.9 Å². The van der Waals surface area contributed by atoms with Crippen LogP contribution in [0.1, 0.15) is 41.3 Å². The molecule has 1 aromatic heterocycles. The number of benzene rings is 2. The third-order valence-electron chi connectivity index (χ3n) is 4.14. The van der Waals surface area contributed by atoms with E-state index in [2.05, 4.69) is 30.2 Å². The van der Waals surface area contributed by atoms with Crippen molar-refractivity contribution >= 4 is 11.6 Å². The number of nitrogens with zero attached hydrogens (tertiary/aromatic N) is 1. The van der Waals surface area contributed by atoms with Crippen molar-refractivity contribution in [3.05, 3.63) is 83.6 Å². The van der Waals surface area contributed by atoms with Crippen LogP contribution < -0.4 is 10.1 Å². The SMILES string of the molecule is Cc1ccccc1C(=O)Nc1ccc(Oc2ccccc2C(C)C)nc1. The highest BCUT2D eigenvalue weighted by Crippen LogP contribution is 2.29. The second-order valence-electron chi connectivity index (χ2n) is 6.45. The summed E-state index contributed by atoms with van der Waals surface area (Å²) in [6.07, 6.45) is 1.60. The Morgan fingerprint density at radius 1 is 1.00 bits per heavy atom. The number of nitrogens with one attached hydrogen (secondary N) is 1. The van der Waals surface area contributed by atoms with Gasteiger partial charge < -0.3 is 10.1 Å². The predicted octanol–water partition coefficient (Wildman–Crippen LogP) is 5.56. The number of carbonyl (C=O) groups is 1. The third-order valence-corrected chi connectivity index (χ3v) is 4.14. The number of ether oxygens (including phenoxy) is 1. The van der Waals surface area contributed by atoms with Gasteiger partial charge in [0.25, 0.3) is 5.91 Å². The number of amides is 1. The van der Waals surface area contributed by atoms with E-state index >= 15 is 0 Å². The fraction of sp³-hybridized carbons (Fsp3) is 0.182. The summed E-state index contributed by atoms with van der Waals surface area (Å²) in [7, 11) is 0. The maximum Gasteiger partial charge on any atom is 0.255 e. The van der Waals surface area contributed by atoms with Crippen LogP contribution in [0.25, 0.3) is 0 Å². The van der Waals surface area contributed by atoms with Crippen molar-refractivity contribution < 1.29 is 9.53 Å². The number of hydrogen-bond acceptors (Lipinski definition) is 3. The molecule has 3 aromatic rings. The molecule has 0 saturated carbocycles. The van der Waals surface area contributed by atoms with Gasteiger partial charge in [0.15, 0.2) is 0 Å². The Bertz CT molecular complexity index is 902. The van der Waals surface area contributed by atoms with Crippen LogP contribution in [0.5, 0.6) is 11.6 Å². The quantitative estimate of drug-likeness (QED) is 0.658. The lowest BCUT2D eigenvalue weighted by atomic mass is 10.0. The van der Waals surface area contributed by atoms with Crippen LogP contribution >= 0.6 is 0 Å². The third kappa shape index (κ3) is 4.09. The van der Waals surface area contributed by atoms with Crippen molar-refractivity contribution in [1.82, 2.24) is 4.98 Å². The minimum Gasteiger partial charge on any atom is -0.439 e. The zero-order valence-electron chi connectivity index (χ0n) is 15.2.